The van der Waals surface area contributed by atoms with E-state index in [-0.39, 0.29) is 11.8 Å². The minimum absolute atomic E-state index is 0.230. The number of unbranched alkanes of at least 4 members (excludes halogenated alkanes) is 1. The average molecular weight is 297 g/mol. The summed E-state index contributed by atoms with van der Waals surface area (Å²) in [5, 5.41) is 3.13. The second-order valence-electron chi connectivity index (χ2n) is 6.88. The molecule has 1 fully saturated rings. The van der Waals surface area contributed by atoms with Gasteiger partial charge in [-0.3, -0.25) is 4.79 Å². The Balaban J connectivity index is 2.13. The number of rotatable bonds is 9. The first-order valence-electron chi connectivity index (χ1n) is 8.72. The molecule has 0 bridgehead atoms. The Morgan fingerprint density at radius 2 is 2.10 bits per heavy atom. The first kappa shape index (κ1) is 18.4. The first-order chi connectivity index (χ1) is 10.0. The zero-order chi connectivity index (χ0) is 15.7. The molecule has 0 spiro atoms. The molecule has 1 saturated carbocycles. The molecule has 124 valence electrons. The lowest BCUT2D eigenvalue weighted by Crippen LogP contribution is -2.35. The van der Waals surface area contributed by atoms with Crippen molar-refractivity contribution in [1.29, 1.82) is 0 Å². The predicted molar refractivity (Wildman–Crippen MR) is 89.1 cm³/mol. The van der Waals surface area contributed by atoms with Crippen molar-refractivity contribution in [1.82, 2.24) is 10.2 Å². The molecule has 1 aliphatic rings. The van der Waals surface area contributed by atoms with Gasteiger partial charge in [0, 0.05) is 18.5 Å². The molecule has 0 aromatic heterocycles. The zero-order valence-corrected chi connectivity index (χ0v) is 14.2. The number of nitrogens with one attached hydrogen (secondary N) is 1. The van der Waals surface area contributed by atoms with E-state index < -0.39 is 0 Å². The fourth-order valence-corrected chi connectivity index (χ4v) is 3.13. The normalized spacial score (nSPS) is 22.8. The van der Waals surface area contributed by atoms with E-state index in [2.05, 4.69) is 31.1 Å². The maximum absolute atomic E-state index is 12.2. The monoisotopic (exact) mass is 297 g/mol. The van der Waals surface area contributed by atoms with Crippen LogP contribution >= 0.6 is 0 Å². The molecule has 4 nitrogen and oxygen atoms in total. The molecule has 2 unspecified atom stereocenters. The smallest absolute Gasteiger partial charge is 0.223 e. The van der Waals surface area contributed by atoms with Gasteiger partial charge < -0.3 is 16.0 Å². The van der Waals surface area contributed by atoms with Crippen LogP contribution in [0, 0.1) is 11.8 Å². The van der Waals surface area contributed by atoms with Gasteiger partial charge in [0.2, 0.25) is 5.91 Å². The van der Waals surface area contributed by atoms with Crippen molar-refractivity contribution in [3.8, 4) is 0 Å². The minimum Gasteiger partial charge on any atom is -0.356 e. The lowest BCUT2D eigenvalue weighted by molar-refractivity contribution is -0.126. The summed E-state index contributed by atoms with van der Waals surface area (Å²) in [6, 6.07) is 0.598. The molecule has 2 atom stereocenters. The standard InChI is InChI=1S/C17H35N3O/c1-14(2)20(3)12-5-4-11-19-17(21)16-8-6-7-15(13-16)9-10-18/h14-16H,4-13,18H2,1-3H3,(H,19,21). The van der Waals surface area contributed by atoms with Gasteiger partial charge in [-0.15, -0.1) is 0 Å². The lowest BCUT2D eigenvalue weighted by atomic mass is 9.79. The van der Waals surface area contributed by atoms with Crippen LogP contribution in [-0.4, -0.2) is 43.5 Å². The van der Waals surface area contributed by atoms with E-state index in [4.69, 9.17) is 5.73 Å². The van der Waals surface area contributed by atoms with E-state index in [9.17, 15) is 4.79 Å². The van der Waals surface area contributed by atoms with E-state index in [0.717, 1.165) is 51.7 Å². The highest BCUT2D eigenvalue weighted by Crippen LogP contribution is 2.30. The quantitative estimate of drug-likeness (QED) is 0.642. The third-order valence-electron chi connectivity index (χ3n) is 4.85. The van der Waals surface area contributed by atoms with Crippen molar-refractivity contribution >= 4 is 5.91 Å². The Kier molecular flexibility index (Phi) is 8.93. The van der Waals surface area contributed by atoms with E-state index in [0.29, 0.717) is 12.0 Å². The summed E-state index contributed by atoms with van der Waals surface area (Å²) in [5.41, 5.74) is 5.64. The third-order valence-corrected chi connectivity index (χ3v) is 4.85. The van der Waals surface area contributed by atoms with Gasteiger partial charge in [0.25, 0.3) is 0 Å². The molecular weight excluding hydrogens is 262 g/mol. The number of nitrogens with two attached hydrogens (primary N) is 1. The van der Waals surface area contributed by atoms with Crippen molar-refractivity contribution in [2.45, 2.75) is 64.8 Å². The van der Waals surface area contributed by atoms with Crippen LogP contribution in [0.25, 0.3) is 0 Å². The SMILES string of the molecule is CC(C)N(C)CCCCNC(=O)C1CCCC(CCN)C1. The van der Waals surface area contributed by atoms with Gasteiger partial charge in [0.05, 0.1) is 0 Å². The van der Waals surface area contributed by atoms with E-state index in [1.165, 1.54) is 12.8 Å². The Bertz CT molecular complexity index is 292. The van der Waals surface area contributed by atoms with E-state index in [1.54, 1.807) is 0 Å². The second-order valence-corrected chi connectivity index (χ2v) is 6.88. The van der Waals surface area contributed by atoms with Gasteiger partial charge in [0.1, 0.15) is 0 Å². The Labute approximate surface area is 130 Å². The van der Waals surface area contributed by atoms with Crippen LogP contribution in [-0.2, 0) is 4.79 Å². The van der Waals surface area contributed by atoms with Crippen LogP contribution in [0.1, 0.15) is 58.8 Å². The zero-order valence-electron chi connectivity index (χ0n) is 14.2. The van der Waals surface area contributed by atoms with Crippen LogP contribution in [0.15, 0.2) is 0 Å². The number of hydrogen-bond acceptors (Lipinski definition) is 3. The Morgan fingerprint density at radius 1 is 1.33 bits per heavy atom. The molecule has 1 aliphatic carbocycles. The highest BCUT2D eigenvalue weighted by Gasteiger charge is 2.26. The maximum Gasteiger partial charge on any atom is 0.223 e. The Hall–Kier alpha value is -0.610. The van der Waals surface area contributed by atoms with Crippen LogP contribution < -0.4 is 11.1 Å². The van der Waals surface area contributed by atoms with Crippen LogP contribution in [0.2, 0.25) is 0 Å². The third kappa shape index (κ3) is 7.28. The van der Waals surface area contributed by atoms with Crippen molar-refractivity contribution < 1.29 is 4.79 Å². The number of carbonyl (C=O) groups excluding carboxylic acids is 1. The van der Waals surface area contributed by atoms with Gasteiger partial charge in [-0.2, -0.15) is 0 Å². The lowest BCUT2D eigenvalue weighted by Gasteiger charge is -2.28. The minimum atomic E-state index is 0.230. The number of amides is 1. The van der Waals surface area contributed by atoms with Gasteiger partial charge in [0.15, 0.2) is 0 Å². The number of nitrogens with zero attached hydrogens (tertiary/aromatic N) is 1. The maximum atomic E-state index is 12.2. The molecule has 0 aromatic carbocycles. The van der Waals surface area contributed by atoms with E-state index in [1.807, 2.05) is 0 Å². The molecule has 4 heteroatoms. The summed E-state index contributed by atoms with van der Waals surface area (Å²) in [4.78, 5) is 14.5. The molecule has 0 radical (unpaired) electrons. The topological polar surface area (TPSA) is 58.4 Å². The number of carbonyl (C=O) groups is 1. The van der Waals surface area contributed by atoms with Gasteiger partial charge in [-0.25, -0.2) is 0 Å². The molecule has 3 N–H and O–H groups in total. The summed E-state index contributed by atoms with van der Waals surface area (Å²) in [7, 11) is 2.16. The van der Waals surface area contributed by atoms with E-state index >= 15 is 0 Å². The molecule has 0 saturated heterocycles. The van der Waals surface area contributed by atoms with Crippen molar-refractivity contribution in [3.05, 3.63) is 0 Å². The van der Waals surface area contributed by atoms with Crippen molar-refractivity contribution in [2.24, 2.45) is 17.6 Å². The fraction of sp³-hybridized carbons (Fsp3) is 0.941. The molecule has 21 heavy (non-hydrogen) atoms. The highest BCUT2D eigenvalue weighted by atomic mass is 16.1. The van der Waals surface area contributed by atoms with Gasteiger partial charge in [-0.1, -0.05) is 12.8 Å². The fourth-order valence-electron chi connectivity index (χ4n) is 3.13. The highest BCUT2D eigenvalue weighted by molar-refractivity contribution is 5.78. The van der Waals surface area contributed by atoms with Gasteiger partial charge in [-0.05, 0) is 72.0 Å². The summed E-state index contributed by atoms with van der Waals surface area (Å²) in [6.45, 7) is 7.10. The molecule has 0 aliphatic heterocycles. The van der Waals surface area contributed by atoms with Crippen LogP contribution in [0.4, 0.5) is 0 Å². The molecular formula is C17H35N3O. The summed E-state index contributed by atoms with van der Waals surface area (Å²) in [6.07, 6.45) is 7.83. The van der Waals surface area contributed by atoms with Crippen LogP contribution in [0.5, 0.6) is 0 Å². The summed E-state index contributed by atoms with van der Waals surface area (Å²) >= 11 is 0. The largest absolute Gasteiger partial charge is 0.356 e. The Morgan fingerprint density at radius 3 is 2.76 bits per heavy atom. The first-order valence-corrected chi connectivity index (χ1v) is 8.72. The number of hydrogen-bond donors (Lipinski definition) is 2. The predicted octanol–water partition coefficient (Wildman–Crippen LogP) is 2.38. The van der Waals surface area contributed by atoms with Crippen molar-refractivity contribution in [2.75, 3.05) is 26.7 Å². The summed E-state index contributed by atoms with van der Waals surface area (Å²) < 4.78 is 0. The summed E-state index contributed by atoms with van der Waals surface area (Å²) in [5.74, 6) is 1.17. The average Bonchev–Trinajstić information content (AvgIpc) is 2.47. The van der Waals surface area contributed by atoms with Crippen LogP contribution in [0.3, 0.4) is 0 Å². The second kappa shape index (κ2) is 10.2. The molecule has 1 rings (SSSR count). The van der Waals surface area contributed by atoms with Crippen molar-refractivity contribution in [3.63, 3.8) is 0 Å². The molecule has 1 amide bonds. The van der Waals surface area contributed by atoms with Gasteiger partial charge >= 0.3 is 0 Å². The molecule has 0 aromatic rings. The molecule has 0 heterocycles.